The van der Waals surface area contributed by atoms with E-state index in [0.29, 0.717) is 31.1 Å². The van der Waals surface area contributed by atoms with Gasteiger partial charge in [-0.15, -0.1) is 0 Å². The normalized spacial score (nSPS) is 22.9. The predicted molar refractivity (Wildman–Crippen MR) is 97.6 cm³/mol. The molecule has 8 nitrogen and oxygen atoms in total. The summed E-state index contributed by atoms with van der Waals surface area (Å²) in [7, 11) is 1.77. The number of piperazine rings is 1. The molecule has 4 heterocycles. The lowest BCUT2D eigenvalue weighted by atomic mass is 9.99. The van der Waals surface area contributed by atoms with E-state index in [1.165, 1.54) is 0 Å². The number of hydrogen-bond donors (Lipinski definition) is 0. The molecule has 8 heteroatoms. The standard InChI is InChI=1S/C19H24N4O4/c1-11-5-6-16(27-11)23-8-7-22(10-15(23)24)19(25)18-14-9-12(2)26-13(3)17(14)20-21(18)4/h5-6,12-13H,7-10H2,1-4H3/t12-,13+/m1/s1. The van der Waals surface area contributed by atoms with E-state index < -0.39 is 0 Å². The molecule has 144 valence electrons. The fraction of sp³-hybridized carbons (Fsp3) is 0.526. The Hall–Kier alpha value is -2.61. The Kier molecular flexibility index (Phi) is 4.30. The highest BCUT2D eigenvalue weighted by Crippen LogP contribution is 2.32. The molecular formula is C19H24N4O4. The molecule has 27 heavy (non-hydrogen) atoms. The summed E-state index contributed by atoms with van der Waals surface area (Å²) in [5, 5.41) is 4.50. The molecular weight excluding hydrogens is 348 g/mol. The molecule has 2 aromatic heterocycles. The van der Waals surface area contributed by atoms with Crippen molar-refractivity contribution < 1.29 is 18.7 Å². The molecule has 2 aromatic rings. The Morgan fingerprint density at radius 2 is 2.04 bits per heavy atom. The van der Waals surface area contributed by atoms with Gasteiger partial charge in [-0.3, -0.25) is 19.2 Å². The van der Waals surface area contributed by atoms with E-state index in [4.69, 9.17) is 9.15 Å². The van der Waals surface area contributed by atoms with Gasteiger partial charge in [0, 0.05) is 38.2 Å². The number of anilines is 1. The predicted octanol–water partition coefficient (Wildman–Crippen LogP) is 1.83. The first-order valence-corrected chi connectivity index (χ1v) is 9.22. The second-order valence-electron chi connectivity index (χ2n) is 7.29. The van der Waals surface area contributed by atoms with Crippen molar-refractivity contribution >= 4 is 17.7 Å². The van der Waals surface area contributed by atoms with Crippen LogP contribution >= 0.6 is 0 Å². The monoisotopic (exact) mass is 372 g/mol. The average molecular weight is 372 g/mol. The van der Waals surface area contributed by atoms with Crippen molar-refractivity contribution in [2.75, 3.05) is 24.5 Å². The Morgan fingerprint density at radius 1 is 1.26 bits per heavy atom. The second-order valence-corrected chi connectivity index (χ2v) is 7.29. The highest BCUT2D eigenvalue weighted by Gasteiger charge is 2.36. The largest absolute Gasteiger partial charge is 0.445 e. The average Bonchev–Trinajstić information content (AvgIpc) is 3.17. The fourth-order valence-corrected chi connectivity index (χ4v) is 3.93. The third kappa shape index (κ3) is 3.03. The van der Waals surface area contributed by atoms with Crippen LogP contribution in [0.3, 0.4) is 0 Å². The number of carbonyl (C=O) groups excluding carboxylic acids is 2. The minimum atomic E-state index is -0.156. The number of fused-ring (bicyclic) bond motifs is 1. The van der Waals surface area contributed by atoms with Crippen LogP contribution in [-0.2, 0) is 23.0 Å². The van der Waals surface area contributed by atoms with Gasteiger partial charge in [0.15, 0.2) is 0 Å². The number of amides is 2. The Bertz CT molecular complexity index is 900. The van der Waals surface area contributed by atoms with Crippen LogP contribution in [0.25, 0.3) is 0 Å². The highest BCUT2D eigenvalue weighted by atomic mass is 16.5. The van der Waals surface area contributed by atoms with E-state index in [2.05, 4.69) is 5.10 Å². The Morgan fingerprint density at radius 3 is 2.70 bits per heavy atom. The van der Waals surface area contributed by atoms with E-state index >= 15 is 0 Å². The van der Waals surface area contributed by atoms with Gasteiger partial charge in [0.05, 0.1) is 17.9 Å². The van der Waals surface area contributed by atoms with E-state index in [1.54, 1.807) is 27.6 Å². The zero-order valence-corrected chi connectivity index (χ0v) is 16.1. The van der Waals surface area contributed by atoms with Crippen molar-refractivity contribution in [2.24, 2.45) is 7.05 Å². The van der Waals surface area contributed by atoms with Gasteiger partial charge >= 0.3 is 0 Å². The van der Waals surface area contributed by atoms with Crippen molar-refractivity contribution in [1.29, 1.82) is 0 Å². The summed E-state index contributed by atoms with van der Waals surface area (Å²) in [4.78, 5) is 29.0. The Balaban J connectivity index is 1.56. The number of ether oxygens (including phenoxy) is 1. The van der Waals surface area contributed by atoms with Crippen molar-refractivity contribution in [3.63, 3.8) is 0 Å². The number of furan rings is 1. The minimum Gasteiger partial charge on any atom is -0.445 e. The summed E-state index contributed by atoms with van der Waals surface area (Å²) in [5.41, 5.74) is 2.31. The number of carbonyl (C=O) groups is 2. The first kappa shape index (κ1) is 17.8. The van der Waals surface area contributed by atoms with Gasteiger partial charge in [-0.05, 0) is 26.8 Å². The molecule has 0 saturated carbocycles. The summed E-state index contributed by atoms with van der Waals surface area (Å²) in [6.45, 7) is 6.67. The molecule has 0 N–H and O–H groups in total. The molecule has 1 fully saturated rings. The number of aryl methyl sites for hydroxylation is 2. The van der Waals surface area contributed by atoms with E-state index in [-0.39, 0.29) is 30.6 Å². The summed E-state index contributed by atoms with van der Waals surface area (Å²) in [6, 6.07) is 3.61. The van der Waals surface area contributed by atoms with Crippen LogP contribution < -0.4 is 4.90 Å². The van der Waals surface area contributed by atoms with Crippen molar-refractivity contribution in [3.05, 3.63) is 34.8 Å². The number of hydrogen-bond acceptors (Lipinski definition) is 5. The third-order valence-electron chi connectivity index (χ3n) is 5.19. The van der Waals surface area contributed by atoms with Gasteiger partial charge < -0.3 is 14.1 Å². The minimum absolute atomic E-state index is 0.0279. The van der Waals surface area contributed by atoms with Gasteiger partial charge in [0.2, 0.25) is 11.8 Å². The fourth-order valence-electron chi connectivity index (χ4n) is 3.93. The molecule has 0 spiro atoms. The maximum Gasteiger partial charge on any atom is 0.272 e. The molecule has 0 bridgehead atoms. The number of nitrogens with zero attached hydrogens (tertiary/aromatic N) is 4. The van der Waals surface area contributed by atoms with Crippen molar-refractivity contribution in [1.82, 2.24) is 14.7 Å². The highest BCUT2D eigenvalue weighted by molar-refractivity contribution is 6.01. The smallest absolute Gasteiger partial charge is 0.272 e. The molecule has 1 saturated heterocycles. The van der Waals surface area contributed by atoms with Crippen LogP contribution in [0.4, 0.5) is 5.88 Å². The van der Waals surface area contributed by atoms with Crippen LogP contribution in [0, 0.1) is 6.92 Å². The van der Waals surface area contributed by atoms with Gasteiger partial charge in [0.25, 0.3) is 5.91 Å². The molecule has 2 aliphatic heterocycles. The summed E-state index contributed by atoms with van der Waals surface area (Å²) >= 11 is 0. The van der Waals surface area contributed by atoms with Gasteiger partial charge in [-0.2, -0.15) is 5.10 Å². The first-order valence-electron chi connectivity index (χ1n) is 9.22. The first-order chi connectivity index (χ1) is 12.8. The van der Waals surface area contributed by atoms with Crippen LogP contribution in [0.15, 0.2) is 16.5 Å². The third-order valence-corrected chi connectivity index (χ3v) is 5.19. The number of rotatable bonds is 2. The van der Waals surface area contributed by atoms with Crippen LogP contribution in [0.5, 0.6) is 0 Å². The lowest BCUT2D eigenvalue weighted by molar-refractivity contribution is -0.120. The summed E-state index contributed by atoms with van der Waals surface area (Å²) in [5.74, 6) is 0.979. The van der Waals surface area contributed by atoms with Crippen molar-refractivity contribution in [3.8, 4) is 0 Å². The zero-order chi connectivity index (χ0) is 19.3. The van der Waals surface area contributed by atoms with Crippen LogP contribution in [-0.4, -0.2) is 52.2 Å². The zero-order valence-electron chi connectivity index (χ0n) is 16.1. The van der Waals surface area contributed by atoms with E-state index in [1.807, 2.05) is 26.8 Å². The van der Waals surface area contributed by atoms with Crippen LogP contribution in [0.2, 0.25) is 0 Å². The molecule has 4 rings (SSSR count). The molecule has 0 radical (unpaired) electrons. The summed E-state index contributed by atoms with van der Waals surface area (Å²) in [6.07, 6.45) is 0.537. The van der Waals surface area contributed by atoms with E-state index in [0.717, 1.165) is 17.0 Å². The molecule has 0 aliphatic carbocycles. The second kappa shape index (κ2) is 6.53. The van der Waals surface area contributed by atoms with Gasteiger partial charge in [-0.25, -0.2) is 0 Å². The molecule has 0 unspecified atom stereocenters. The lowest BCUT2D eigenvalue weighted by Gasteiger charge is -2.33. The van der Waals surface area contributed by atoms with Gasteiger partial charge in [0.1, 0.15) is 18.0 Å². The quantitative estimate of drug-likeness (QED) is 0.803. The van der Waals surface area contributed by atoms with Gasteiger partial charge in [-0.1, -0.05) is 0 Å². The maximum atomic E-state index is 13.2. The summed E-state index contributed by atoms with van der Waals surface area (Å²) < 4.78 is 13.0. The Labute approximate surface area is 157 Å². The van der Waals surface area contributed by atoms with Crippen molar-refractivity contribution in [2.45, 2.75) is 39.4 Å². The number of aromatic nitrogens is 2. The molecule has 0 aromatic carbocycles. The topological polar surface area (TPSA) is 80.8 Å². The maximum absolute atomic E-state index is 13.2. The molecule has 2 atom stereocenters. The van der Waals surface area contributed by atoms with Crippen LogP contribution in [0.1, 0.15) is 47.5 Å². The SMILES string of the molecule is Cc1ccc(N2CCN(C(=O)c3c4c(nn3C)[C@H](C)O[C@H](C)C4)CC2=O)o1. The molecule has 2 amide bonds. The van der Waals surface area contributed by atoms with E-state index in [9.17, 15) is 9.59 Å². The lowest BCUT2D eigenvalue weighted by Crippen LogP contribution is -2.52. The molecule has 2 aliphatic rings.